The summed E-state index contributed by atoms with van der Waals surface area (Å²) in [7, 11) is 0. The highest BCUT2D eigenvalue weighted by molar-refractivity contribution is 5.98. The molecule has 2 heteroatoms. The maximum Gasteiger partial charge on any atom is 0.143 e. The molecule has 4 rings (SSSR count). The van der Waals surface area contributed by atoms with Gasteiger partial charge in [0.1, 0.15) is 11.6 Å². The Morgan fingerprint density at radius 1 is 1.15 bits per heavy atom. The van der Waals surface area contributed by atoms with Crippen molar-refractivity contribution in [3.8, 4) is 11.1 Å². The van der Waals surface area contributed by atoms with E-state index in [1.807, 2.05) is 25.1 Å². The van der Waals surface area contributed by atoms with Crippen molar-refractivity contribution in [2.75, 3.05) is 0 Å². The number of ketones is 1. The Balaban J connectivity index is 2.11. The molecule has 2 aromatic rings. The number of benzene rings is 2. The van der Waals surface area contributed by atoms with E-state index in [0.717, 1.165) is 23.1 Å². The van der Waals surface area contributed by atoms with Gasteiger partial charge in [-0.05, 0) is 47.7 Å². The van der Waals surface area contributed by atoms with E-state index in [-0.39, 0.29) is 17.5 Å². The summed E-state index contributed by atoms with van der Waals surface area (Å²) in [4.78, 5) is 12.5. The average molecular weight is 266 g/mol. The smallest absolute Gasteiger partial charge is 0.143 e. The molecular formula is C18H15FO. The first kappa shape index (κ1) is 11.8. The zero-order valence-electron chi connectivity index (χ0n) is 11.3. The summed E-state index contributed by atoms with van der Waals surface area (Å²) < 4.78 is 13.7. The van der Waals surface area contributed by atoms with E-state index in [9.17, 15) is 9.18 Å². The van der Waals surface area contributed by atoms with Crippen LogP contribution in [0.5, 0.6) is 0 Å². The van der Waals surface area contributed by atoms with Crippen LogP contribution in [-0.2, 0) is 10.2 Å². The summed E-state index contributed by atoms with van der Waals surface area (Å²) in [6.45, 7) is 2.03. The Morgan fingerprint density at radius 3 is 2.80 bits per heavy atom. The fourth-order valence-corrected chi connectivity index (χ4v) is 4.06. The number of carbonyl (C=O) groups is 1. The molecule has 0 spiro atoms. The molecule has 20 heavy (non-hydrogen) atoms. The fourth-order valence-electron chi connectivity index (χ4n) is 4.06. The lowest BCUT2D eigenvalue weighted by atomic mass is 9.63. The summed E-state index contributed by atoms with van der Waals surface area (Å²) in [6, 6.07) is 13.0. The van der Waals surface area contributed by atoms with Gasteiger partial charge in [0.05, 0.1) is 5.41 Å². The van der Waals surface area contributed by atoms with Gasteiger partial charge in [0, 0.05) is 12.3 Å². The standard InChI is InChI=1S/C18H15FO/c1-18-15(8-9-17(18)20)13-5-3-2-4-12(13)14-10-11(19)6-7-16(14)18/h2-7,10,15H,8-9H2,1H3/t15-,18+/m1/s1. The minimum absolute atomic E-state index is 0.226. The van der Waals surface area contributed by atoms with Crippen LogP contribution in [0.1, 0.15) is 36.8 Å². The third-order valence-corrected chi connectivity index (χ3v) is 5.10. The summed E-state index contributed by atoms with van der Waals surface area (Å²) >= 11 is 0. The van der Waals surface area contributed by atoms with Crippen LogP contribution in [0, 0.1) is 5.82 Å². The third kappa shape index (κ3) is 1.29. The third-order valence-electron chi connectivity index (χ3n) is 5.10. The van der Waals surface area contributed by atoms with Gasteiger partial charge in [0.2, 0.25) is 0 Å². The molecule has 100 valence electrons. The zero-order valence-corrected chi connectivity index (χ0v) is 11.3. The summed E-state index contributed by atoms with van der Waals surface area (Å²) in [5.41, 5.74) is 3.66. The van der Waals surface area contributed by atoms with Gasteiger partial charge >= 0.3 is 0 Å². The van der Waals surface area contributed by atoms with Crippen LogP contribution < -0.4 is 0 Å². The van der Waals surface area contributed by atoms with Crippen molar-refractivity contribution in [1.82, 2.24) is 0 Å². The molecule has 2 aromatic carbocycles. The van der Waals surface area contributed by atoms with Crippen LogP contribution in [0.4, 0.5) is 4.39 Å². The number of halogens is 1. The SMILES string of the molecule is C[C@]12C(=O)CC[C@@H]1c1ccccc1-c1cc(F)ccc12. The molecule has 0 radical (unpaired) electrons. The zero-order chi connectivity index (χ0) is 13.9. The van der Waals surface area contributed by atoms with Gasteiger partial charge in [0.25, 0.3) is 0 Å². The van der Waals surface area contributed by atoms with Crippen molar-refractivity contribution in [1.29, 1.82) is 0 Å². The van der Waals surface area contributed by atoms with Gasteiger partial charge in [-0.3, -0.25) is 4.79 Å². The van der Waals surface area contributed by atoms with E-state index < -0.39 is 5.41 Å². The molecule has 1 fully saturated rings. The predicted octanol–water partition coefficient (Wildman–Crippen LogP) is 4.21. The molecule has 0 amide bonds. The van der Waals surface area contributed by atoms with Gasteiger partial charge in [-0.2, -0.15) is 0 Å². The highest BCUT2D eigenvalue weighted by Gasteiger charge is 2.51. The Bertz CT molecular complexity index is 734. The molecule has 0 saturated heterocycles. The Morgan fingerprint density at radius 2 is 1.95 bits per heavy atom. The molecule has 2 aliphatic carbocycles. The van der Waals surface area contributed by atoms with E-state index in [1.165, 1.54) is 11.6 Å². The Labute approximate surface area is 117 Å². The van der Waals surface area contributed by atoms with Crippen LogP contribution >= 0.6 is 0 Å². The van der Waals surface area contributed by atoms with E-state index in [1.54, 1.807) is 12.1 Å². The number of carbonyl (C=O) groups excluding carboxylic acids is 1. The predicted molar refractivity (Wildman–Crippen MR) is 76.2 cm³/mol. The maximum atomic E-state index is 13.7. The lowest BCUT2D eigenvalue weighted by Gasteiger charge is -2.38. The molecule has 0 N–H and O–H groups in total. The first-order chi connectivity index (χ1) is 9.62. The second kappa shape index (κ2) is 3.78. The quantitative estimate of drug-likeness (QED) is 0.698. The number of hydrogen-bond donors (Lipinski definition) is 0. The fraction of sp³-hybridized carbons (Fsp3) is 0.278. The second-order valence-electron chi connectivity index (χ2n) is 5.99. The van der Waals surface area contributed by atoms with Crippen molar-refractivity contribution in [2.24, 2.45) is 0 Å². The van der Waals surface area contributed by atoms with Crippen LogP contribution in [-0.4, -0.2) is 5.78 Å². The molecule has 0 heterocycles. The second-order valence-corrected chi connectivity index (χ2v) is 5.99. The van der Waals surface area contributed by atoms with Gasteiger partial charge < -0.3 is 0 Å². The van der Waals surface area contributed by atoms with Crippen molar-refractivity contribution < 1.29 is 9.18 Å². The van der Waals surface area contributed by atoms with E-state index in [2.05, 4.69) is 6.07 Å². The minimum Gasteiger partial charge on any atom is -0.299 e. The molecule has 0 unspecified atom stereocenters. The Kier molecular flexibility index (Phi) is 2.24. The van der Waals surface area contributed by atoms with Gasteiger partial charge in [-0.1, -0.05) is 30.3 Å². The molecule has 2 atom stereocenters. The van der Waals surface area contributed by atoms with Crippen LogP contribution in [0.25, 0.3) is 11.1 Å². The van der Waals surface area contributed by atoms with E-state index in [4.69, 9.17) is 0 Å². The molecule has 0 aliphatic heterocycles. The number of hydrogen-bond acceptors (Lipinski definition) is 1. The number of rotatable bonds is 0. The first-order valence-electron chi connectivity index (χ1n) is 7.05. The highest BCUT2D eigenvalue weighted by atomic mass is 19.1. The van der Waals surface area contributed by atoms with E-state index in [0.29, 0.717) is 6.42 Å². The van der Waals surface area contributed by atoms with Crippen LogP contribution in [0.2, 0.25) is 0 Å². The summed E-state index contributed by atoms with van der Waals surface area (Å²) in [5, 5.41) is 0. The van der Waals surface area contributed by atoms with Crippen LogP contribution in [0.3, 0.4) is 0 Å². The number of fused-ring (bicyclic) bond motifs is 6. The van der Waals surface area contributed by atoms with E-state index >= 15 is 0 Å². The van der Waals surface area contributed by atoms with Crippen molar-refractivity contribution >= 4 is 5.78 Å². The topological polar surface area (TPSA) is 17.1 Å². The minimum atomic E-state index is -0.489. The molecule has 0 bridgehead atoms. The van der Waals surface area contributed by atoms with Gasteiger partial charge in [-0.15, -0.1) is 0 Å². The first-order valence-corrected chi connectivity index (χ1v) is 7.05. The molecule has 2 aliphatic rings. The Hall–Kier alpha value is -1.96. The molecule has 1 saturated carbocycles. The average Bonchev–Trinajstić information content (AvgIpc) is 2.76. The monoisotopic (exact) mass is 266 g/mol. The van der Waals surface area contributed by atoms with Gasteiger partial charge in [-0.25, -0.2) is 4.39 Å². The maximum absolute atomic E-state index is 13.7. The van der Waals surface area contributed by atoms with Crippen molar-refractivity contribution in [3.05, 3.63) is 59.4 Å². The lowest BCUT2D eigenvalue weighted by Crippen LogP contribution is -2.36. The highest BCUT2D eigenvalue weighted by Crippen LogP contribution is 2.56. The summed E-state index contributed by atoms with van der Waals surface area (Å²) in [6.07, 6.45) is 1.51. The molecule has 1 nitrogen and oxygen atoms in total. The largest absolute Gasteiger partial charge is 0.299 e. The van der Waals surface area contributed by atoms with Crippen LogP contribution in [0.15, 0.2) is 42.5 Å². The lowest BCUT2D eigenvalue weighted by molar-refractivity contribution is -0.122. The normalized spacial score (nSPS) is 26.9. The molecule has 0 aromatic heterocycles. The van der Waals surface area contributed by atoms with Gasteiger partial charge in [0.15, 0.2) is 0 Å². The van der Waals surface area contributed by atoms with Crippen molar-refractivity contribution in [3.63, 3.8) is 0 Å². The number of Topliss-reactive ketones (excluding diaryl/α,β-unsaturated/α-hetero) is 1. The van der Waals surface area contributed by atoms with Crippen molar-refractivity contribution in [2.45, 2.75) is 31.1 Å². The molecular weight excluding hydrogens is 251 g/mol. The summed E-state index contributed by atoms with van der Waals surface area (Å²) in [5.74, 6) is 0.264.